The molecule has 0 unspecified atom stereocenters. The first-order valence-electron chi connectivity index (χ1n) is 6.51. The van der Waals surface area contributed by atoms with Crippen molar-refractivity contribution in [3.8, 4) is 11.5 Å². The lowest BCUT2D eigenvalue weighted by molar-refractivity contribution is 0.474. The molecule has 2 heterocycles. The van der Waals surface area contributed by atoms with Crippen LogP contribution >= 0.6 is 47.8 Å². The monoisotopic (exact) mass is 500 g/mol. The highest BCUT2D eigenvalue weighted by Crippen LogP contribution is 2.42. The van der Waals surface area contributed by atoms with Crippen LogP contribution in [0.2, 0.25) is 0 Å². The van der Waals surface area contributed by atoms with E-state index < -0.39 is 5.43 Å². The lowest BCUT2D eigenvalue weighted by atomic mass is 10.1. The second-order valence-corrected chi connectivity index (χ2v) is 7.36. The van der Waals surface area contributed by atoms with Crippen LogP contribution in [-0.4, -0.2) is 19.8 Å². The zero-order valence-corrected chi connectivity index (χ0v) is 16.0. The fraction of sp³-hybridized carbons (Fsp3) is 0.0667. The van der Waals surface area contributed by atoms with E-state index in [2.05, 4.69) is 52.9 Å². The van der Waals surface area contributed by atoms with Crippen LogP contribution in [0.5, 0.6) is 11.5 Å². The summed E-state index contributed by atoms with van der Waals surface area (Å²) in [7, 11) is 0. The molecule has 0 radical (unpaired) electrons. The average Bonchev–Trinajstić information content (AvgIpc) is 2.88. The highest BCUT2D eigenvalue weighted by atomic mass is 79.9. The Hall–Kier alpha value is -1.38. The average molecular weight is 503 g/mol. The van der Waals surface area contributed by atoms with Crippen molar-refractivity contribution in [1.82, 2.24) is 9.61 Å². The number of pyridine rings is 1. The molecule has 0 amide bonds. The number of alkyl halides is 1. The molecule has 0 spiro atoms. The summed E-state index contributed by atoms with van der Waals surface area (Å²) >= 11 is 9.94. The third-order valence-electron chi connectivity index (χ3n) is 3.87. The summed E-state index contributed by atoms with van der Waals surface area (Å²) in [5.74, 6) is -0.304. The minimum atomic E-state index is -0.402. The molecular formula is C15H7Br3N2O3. The predicted molar refractivity (Wildman–Crippen MR) is 99.0 cm³/mol. The Labute approximate surface area is 154 Å². The van der Waals surface area contributed by atoms with Gasteiger partial charge in [0.15, 0.2) is 0 Å². The summed E-state index contributed by atoms with van der Waals surface area (Å²) in [6, 6.07) is 5.01. The maximum absolute atomic E-state index is 12.5. The molecule has 23 heavy (non-hydrogen) atoms. The molecular weight excluding hydrogens is 496 g/mol. The topological polar surface area (TPSA) is 74.8 Å². The van der Waals surface area contributed by atoms with E-state index in [9.17, 15) is 15.0 Å². The van der Waals surface area contributed by atoms with E-state index >= 15 is 0 Å². The number of halogens is 3. The second-order valence-electron chi connectivity index (χ2n) is 5.09. The molecule has 2 aromatic heterocycles. The van der Waals surface area contributed by atoms with Crippen LogP contribution in [0.3, 0.4) is 0 Å². The van der Waals surface area contributed by atoms with Crippen molar-refractivity contribution in [1.29, 1.82) is 0 Å². The summed E-state index contributed by atoms with van der Waals surface area (Å²) in [5.41, 5.74) is 1.19. The van der Waals surface area contributed by atoms with E-state index in [1.54, 1.807) is 6.07 Å². The molecule has 0 atom stereocenters. The molecule has 0 saturated carbocycles. The number of aromatic nitrogens is 2. The molecule has 0 saturated heterocycles. The van der Waals surface area contributed by atoms with Gasteiger partial charge in [-0.2, -0.15) is 5.10 Å². The number of nitrogens with zero attached hydrogens (tertiary/aromatic N) is 2. The minimum absolute atomic E-state index is 0.0294. The number of aromatic hydroxyl groups is 2. The van der Waals surface area contributed by atoms with Crippen LogP contribution in [-0.2, 0) is 5.33 Å². The van der Waals surface area contributed by atoms with E-state index in [1.165, 1.54) is 10.6 Å². The maximum atomic E-state index is 12.5. The fourth-order valence-corrected chi connectivity index (χ4v) is 4.23. The van der Waals surface area contributed by atoms with Crippen molar-refractivity contribution in [3.63, 3.8) is 0 Å². The van der Waals surface area contributed by atoms with Gasteiger partial charge in [0.05, 0.1) is 26.5 Å². The van der Waals surface area contributed by atoms with Crippen molar-refractivity contribution in [2.45, 2.75) is 5.33 Å². The first-order valence-corrected chi connectivity index (χ1v) is 9.22. The zero-order valence-electron chi connectivity index (χ0n) is 11.3. The summed E-state index contributed by atoms with van der Waals surface area (Å²) < 4.78 is 2.35. The number of hydrogen-bond donors (Lipinski definition) is 2. The number of phenols is 1. The van der Waals surface area contributed by atoms with Crippen LogP contribution in [0.15, 0.2) is 31.9 Å². The van der Waals surface area contributed by atoms with Gasteiger partial charge >= 0.3 is 0 Å². The summed E-state index contributed by atoms with van der Waals surface area (Å²) in [6.07, 6.45) is 0. The Kier molecular flexibility index (Phi) is 3.33. The van der Waals surface area contributed by atoms with Crippen molar-refractivity contribution in [2.75, 3.05) is 0 Å². The third-order valence-corrected chi connectivity index (χ3v) is 5.65. The molecule has 0 aliphatic heterocycles. The van der Waals surface area contributed by atoms with Gasteiger partial charge in [-0.05, 0) is 44.0 Å². The Morgan fingerprint density at radius 3 is 2.52 bits per heavy atom. The van der Waals surface area contributed by atoms with E-state index in [4.69, 9.17) is 0 Å². The van der Waals surface area contributed by atoms with Gasteiger partial charge in [-0.15, -0.1) is 0 Å². The van der Waals surface area contributed by atoms with Gasteiger partial charge in [-0.25, -0.2) is 4.52 Å². The number of benzene rings is 2. The Morgan fingerprint density at radius 1 is 1.09 bits per heavy atom. The summed E-state index contributed by atoms with van der Waals surface area (Å²) in [6.45, 7) is 0. The third kappa shape index (κ3) is 1.88. The van der Waals surface area contributed by atoms with Crippen LogP contribution in [0.4, 0.5) is 0 Å². The standard InChI is InChI=1S/C15H7Br3N2O3/c16-4-8-5-1-2-6(17)10-12(5)20(19-8)13-9(21)3-7(18)14(22)11(13)15(10)23/h1-3,21,23H,4H2. The van der Waals surface area contributed by atoms with Crippen LogP contribution in [0.1, 0.15) is 5.69 Å². The highest BCUT2D eigenvalue weighted by Gasteiger charge is 2.23. The fourth-order valence-electron chi connectivity index (χ4n) is 2.90. The van der Waals surface area contributed by atoms with Crippen molar-refractivity contribution < 1.29 is 10.2 Å². The largest absolute Gasteiger partial charge is 0.506 e. The molecule has 0 aliphatic rings. The molecule has 0 bridgehead atoms. The van der Waals surface area contributed by atoms with Gasteiger partial charge < -0.3 is 10.2 Å². The van der Waals surface area contributed by atoms with E-state index in [-0.39, 0.29) is 26.9 Å². The molecule has 2 N–H and O–H groups in total. The lowest BCUT2D eigenvalue weighted by Crippen LogP contribution is -2.06. The van der Waals surface area contributed by atoms with Crippen molar-refractivity contribution >= 4 is 75.0 Å². The first kappa shape index (κ1) is 15.2. The molecule has 0 aliphatic carbocycles. The highest BCUT2D eigenvalue weighted by molar-refractivity contribution is 9.11. The van der Waals surface area contributed by atoms with Crippen LogP contribution in [0, 0.1) is 0 Å². The van der Waals surface area contributed by atoms with E-state index in [0.717, 1.165) is 11.1 Å². The molecule has 4 aromatic rings. The predicted octanol–water partition coefficient (Wildman–Crippen LogP) is 4.27. The van der Waals surface area contributed by atoms with Gasteiger partial charge in [-0.3, -0.25) is 4.79 Å². The number of hydrogen-bond acceptors (Lipinski definition) is 4. The van der Waals surface area contributed by atoms with Crippen LogP contribution in [0.25, 0.3) is 27.2 Å². The molecule has 8 heteroatoms. The molecule has 2 aromatic carbocycles. The van der Waals surface area contributed by atoms with Gasteiger partial charge in [0.1, 0.15) is 17.0 Å². The molecule has 4 rings (SSSR count). The quantitative estimate of drug-likeness (QED) is 0.301. The molecule has 0 fully saturated rings. The van der Waals surface area contributed by atoms with Gasteiger partial charge in [0.2, 0.25) is 5.43 Å². The normalized spacial score (nSPS) is 12.0. The lowest BCUT2D eigenvalue weighted by Gasteiger charge is -2.11. The first-order chi connectivity index (χ1) is 11.0. The molecule has 116 valence electrons. The van der Waals surface area contributed by atoms with E-state index in [0.29, 0.717) is 20.7 Å². The zero-order chi connectivity index (χ0) is 16.5. The van der Waals surface area contributed by atoms with Crippen molar-refractivity contribution in [3.05, 3.63) is 43.1 Å². The molecule has 5 nitrogen and oxygen atoms in total. The minimum Gasteiger partial charge on any atom is -0.506 e. The van der Waals surface area contributed by atoms with Crippen molar-refractivity contribution in [2.24, 2.45) is 0 Å². The number of rotatable bonds is 1. The Balaban J connectivity index is 2.49. The van der Waals surface area contributed by atoms with Crippen LogP contribution < -0.4 is 5.43 Å². The van der Waals surface area contributed by atoms with Gasteiger partial charge in [0, 0.05) is 21.3 Å². The smallest absolute Gasteiger partial charge is 0.206 e. The van der Waals surface area contributed by atoms with Gasteiger partial charge in [0.25, 0.3) is 0 Å². The maximum Gasteiger partial charge on any atom is 0.206 e. The summed E-state index contributed by atoms with van der Waals surface area (Å²) in [5, 5.41) is 27.4. The Bertz CT molecular complexity index is 1170. The number of fused-ring (bicyclic) bond motifs is 2. The Morgan fingerprint density at radius 2 is 1.83 bits per heavy atom. The number of phenolic OH excluding ortho intramolecular Hbond substituents is 1. The summed E-state index contributed by atoms with van der Waals surface area (Å²) in [4.78, 5) is 12.5. The van der Waals surface area contributed by atoms with E-state index in [1.807, 2.05) is 6.07 Å². The SMILES string of the molecule is O=c1c(Br)cc(O)c2c1c(O)c1c(Br)ccc3c(CBr)nn2c31. The van der Waals surface area contributed by atoms with Gasteiger partial charge in [-0.1, -0.05) is 15.9 Å². The second kappa shape index (κ2) is 5.06.